The number of nitrogens with one attached hydrogen (secondary N) is 1. The Morgan fingerprint density at radius 3 is 2.80 bits per heavy atom. The van der Waals surface area contributed by atoms with Gasteiger partial charge < -0.3 is 29.3 Å². The van der Waals surface area contributed by atoms with Crippen LogP contribution in [0.1, 0.15) is 23.7 Å². The molecule has 8 rings (SSSR count). The second-order valence-corrected chi connectivity index (χ2v) is 12.2. The number of anilines is 2. The SMILES string of the molecule is CC1CN(c2ccc(C#N)n3nccc23)CC(CN2CC3(C2)OCc2cc(N4CC5(CNCCO5)C4)ccc23)O1. The molecular formula is C30H35N7O3. The molecule has 0 saturated carbocycles. The van der Waals surface area contributed by atoms with Gasteiger partial charge in [0.05, 0.1) is 55.9 Å². The number of morpholine rings is 2. The van der Waals surface area contributed by atoms with Gasteiger partial charge in [-0.1, -0.05) is 6.07 Å². The number of nitrogens with zero attached hydrogens (tertiary/aromatic N) is 6. The van der Waals surface area contributed by atoms with Crippen molar-refractivity contribution >= 4 is 16.9 Å². The van der Waals surface area contributed by atoms with E-state index in [4.69, 9.17) is 14.2 Å². The molecule has 0 amide bonds. The number of ether oxygens (including phenoxy) is 3. The van der Waals surface area contributed by atoms with E-state index in [1.807, 2.05) is 18.2 Å². The smallest absolute Gasteiger partial charge is 0.142 e. The zero-order valence-electron chi connectivity index (χ0n) is 22.9. The number of likely N-dealkylation sites (tertiary alicyclic amines) is 1. The molecule has 1 aromatic carbocycles. The molecule has 40 heavy (non-hydrogen) atoms. The maximum Gasteiger partial charge on any atom is 0.142 e. The van der Waals surface area contributed by atoms with Gasteiger partial charge in [-0.15, -0.1) is 0 Å². The zero-order valence-corrected chi connectivity index (χ0v) is 22.9. The Kier molecular flexibility index (Phi) is 5.63. The van der Waals surface area contributed by atoms with Gasteiger partial charge in [0.15, 0.2) is 0 Å². The molecule has 0 bridgehead atoms. The van der Waals surface area contributed by atoms with Crippen molar-refractivity contribution < 1.29 is 14.2 Å². The van der Waals surface area contributed by atoms with Crippen molar-refractivity contribution in [3.05, 3.63) is 59.4 Å². The van der Waals surface area contributed by atoms with E-state index in [-0.39, 0.29) is 23.4 Å². The van der Waals surface area contributed by atoms with E-state index in [9.17, 15) is 5.26 Å². The van der Waals surface area contributed by atoms with Gasteiger partial charge in [0.2, 0.25) is 0 Å². The Bertz CT molecular complexity index is 1480. The molecule has 10 heteroatoms. The Morgan fingerprint density at radius 2 is 1.98 bits per heavy atom. The number of hydrogen-bond acceptors (Lipinski definition) is 9. The van der Waals surface area contributed by atoms with E-state index in [0.29, 0.717) is 12.3 Å². The molecule has 5 aliphatic heterocycles. The van der Waals surface area contributed by atoms with Crippen LogP contribution in [0.5, 0.6) is 0 Å². The summed E-state index contributed by atoms with van der Waals surface area (Å²) in [6.07, 6.45) is 1.97. The fourth-order valence-corrected chi connectivity index (χ4v) is 7.43. The minimum atomic E-state index is -0.197. The van der Waals surface area contributed by atoms with Crippen molar-refractivity contribution in [3.63, 3.8) is 0 Å². The van der Waals surface area contributed by atoms with Gasteiger partial charge in [-0.25, -0.2) is 4.52 Å². The lowest BCUT2D eigenvalue weighted by Crippen LogP contribution is -2.70. The van der Waals surface area contributed by atoms with Gasteiger partial charge in [0.1, 0.15) is 23.0 Å². The van der Waals surface area contributed by atoms with E-state index in [0.717, 1.165) is 76.7 Å². The van der Waals surface area contributed by atoms with Crippen molar-refractivity contribution in [1.29, 1.82) is 5.26 Å². The zero-order chi connectivity index (χ0) is 26.9. The van der Waals surface area contributed by atoms with Crippen molar-refractivity contribution in [2.45, 2.75) is 36.9 Å². The molecule has 4 fully saturated rings. The molecule has 2 atom stereocenters. The number of nitriles is 1. The number of rotatable bonds is 4. The normalized spacial score (nSPS) is 27.0. The van der Waals surface area contributed by atoms with Crippen molar-refractivity contribution in [1.82, 2.24) is 19.8 Å². The summed E-state index contributed by atoms with van der Waals surface area (Å²) in [5.74, 6) is 0. The largest absolute Gasteiger partial charge is 0.370 e. The molecule has 7 heterocycles. The minimum Gasteiger partial charge on any atom is -0.370 e. The lowest BCUT2D eigenvalue weighted by atomic mass is 9.84. The first-order valence-corrected chi connectivity index (χ1v) is 14.4. The average Bonchev–Trinajstić information content (AvgIpc) is 3.57. The summed E-state index contributed by atoms with van der Waals surface area (Å²) in [4.78, 5) is 7.26. The number of fused-ring (bicyclic) bond motifs is 3. The molecule has 2 spiro atoms. The average molecular weight is 542 g/mol. The Morgan fingerprint density at radius 1 is 1.07 bits per heavy atom. The first-order valence-electron chi connectivity index (χ1n) is 14.4. The summed E-state index contributed by atoms with van der Waals surface area (Å²) in [5.41, 5.74) is 6.33. The lowest BCUT2D eigenvalue weighted by Gasteiger charge is -2.53. The van der Waals surface area contributed by atoms with Crippen LogP contribution in [0.2, 0.25) is 0 Å². The van der Waals surface area contributed by atoms with E-state index in [1.165, 1.54) is 16.8 Å². The fourth-order valence-electron chi connectivity index (χ4n) is 7.43. The standard InChI is InChI=1S/C30H35N7O3/c1-21-12-35(27-5-3-24(11-31)37-28(27)6-7-33-37)14-25(40-21)13-34-19-30(20-34)26-4-2-23(10-22(26)15-39-30)36-17-29(18-36)16-32-8-9-38-29/h2-7,10,21,25,32H,8-9,12-20H2,1H3. The van der Waals surface area contributed by atoms with Crippen molar-refractivity contribution in [2.75, 3.05) is 75.3 Å². The van der Waals surface area contributed by atoms with E-state index in [1.54, 1.807) is 10.7 Å². The first-order chi connectivity index (χ1) is 19.5. The monoisotopic (exact) mass is 541 g/mol. The molecule has 208 valence electrons. The summed E-state index contributed by atoms with van der Waals surface area (Å²) < 4.78 is 20.7. The van der Waals surface area contributed by atoms with Crippen LogP contribution in [0.15, 0.2) is 42.6 Å². The number of aromatic nitrogens is 2. The van der Waals surface area contributed by atoms with E-state index < -0.39 is 0 Å². The van der Waals surface area contributed by atoms with Crippen LogP contribution in [0, 0.1) is 11.3 Å². The molecular weight excluding hydrogens is 506 g/mol. The third kappa shape index (κ3) is 3.91. The van der Waals surface area contributed by atoms with E-state index in [2.05, 4.69) is 56.3 Å². The summed E-state index contributed by atoms with van der Waals surface area (Å²) in [7, 11) is 0. The van der Waals surface area contributed by atoms with Crippen LogP contribution in [0.4, 0.5) is 11.4 Å². The van der Waals surface area contributed by atoms with Crippen LogP contribution in [-0.4, -0.2) is 97.8 Å². The molecule has 2 aromatic heterocycles. The fraction of sp³-hybridized carbons (Fsp3) is 0.533. The third-order valence-electron chi connectivity index (χ3n) is 9.27. The molecule has 0 radical (unpaired) electrons. The van der Waals surface area contributed by atoms with Crippen LogP contribution < -0.4 is 15.1 Å². The molecule has 1 N–H and O–H groups in total. The Hall–Kier alpha value is -3.20. The van der Waals surface area contributed by atoms with Crippen LogP contribution in [0.25, 0.3) is 5.52 Å². The van der Waals surface area contributed by atoms with Crippen LogP contribution in [-0.2, 0) is 26.4 Å². The molecule has 5 aliphatic rings. The second kappa shape index (κ2) is 9.16. The number of hydrogen-bond donors (Lipinski definition) is 1. The van der Waals surface area contributed by atoms with Gasteiger partial charge in [-0.05, 0) is 48.4 Å². The van der Waals surface area contributed by atoms with Gasteiger partial charge in [0, 0.05) is 51.5 Å². The summed E-state index contributed by atoms with van der Waals surface area (Å²) >= 11 is 0. The van der Waals surface area contributed by atoms with Crippen LogP contribution >= 0.6 is 0 Å². The third-order valence-corrected chi connectivity index (χ3v) is 9.27. The Balaban J connectivity index is 0.917. The molecule has 0 aliphatic carbocycles. The lowest BCUT2D eigenvalue weighted by molar-refractivity contribution is -0.155. The summed E-state index contributed by atoms with van der Waals surface area (Å²) in [6.45, 7) is 11.7. The highest BCUT2D eigenvalue weighted by Gasteiger charge is 2.51. The maximum atomic E-state index is 9.45. The molecule has 3 aromatic rings. The number of pyridine rings is 1. The maximum absolute atomic E-state index is 9.45. The van der Waals surface area contributed by atoms with Crippen molar-refractivity contribution in [2.24, 2.45) is 0 Å². The highest BCUT2D eigenvalue weighted by molar-refractivity contribution is 5.74. The topological polar surface area (TPSA) is 90.5 Å². The quantitative estimate of drug-likeness (QED) is 0.530. The first kappa shape index (κ1) is 24.6. The molecule has 4 saturated heterocycles. The Labute approximate surface area is 234 Å². The van der Waals surface area contributed by atoms with Gasteiger partial charge >= 0.3 is 0 Å². The molecule has 10 nitrogen and oxygen atoms in total. The summed E-state index contributed by atoms with van der Waals surface area (Å²) in [5, 5.41) is 17.3. The second-order valence-electron chi connectivity index (χ2n) is 12.2. The summed E-state index contributed by atoms with van der Waals surface area (Å²) in [6, 6.07) is 15.0. The predicted molar refractivity (Wildman–Crippen MR) is 150 cm³/mol. The van der Waals surface area contributed by atoms with E-state index >= 15 is 0 Å². The van der Waals surface area contributed by atoms with Gasteiger partial charge in [0.25, 0.3) is 0 Å². The highest BCUT2D eigenvalue weighted by atomic mass is 16.5. The van der Waals surface area contributed by atoms with Gasteiger partial charge in [-0.3, -0.25) is 4.90 Å². The minimum absolute atomic E-state index is 0.0112. The van der Waals surface area contributed by atoms with Gasteiger partial charge in [-0.2, -0.15) is 10.4 Å². The predicted octanol–water partition coefficient (Wildman–Crippen LogP) is 1.72. The molecule has 2 unspecified atom stereocenters. The van der Waals surface area contributed by atoms with Crippen molar-refractivity contribution in [3.8, 4) is 6.07 Å². The number of benzene rings is 1. The van der Waals surface area contributed by atoms with Crippen LogP contribution in [0.3, 0.4) is 0 Å². The highest BCUT2D eigenvalue weighted by Crippen LogP contribution is 2.45.